The number of hydrogen-bond acceptors (Lipinski definition) is 3. The number of carbonyl (C=O) groups is 2. The number of allylic oxidation sites excluding steroid dienone is 1. The molecule has 3 nitrogen and oxygen atoms in total. The molecule has 0 radical (unpaired) electrons. The van der Waals surface area contributed by atoms with E-state index in [1.54, 1.807) is 0 Å². The molecule has 1 heterocycles. The third-order valence-corrected chi connectivity index (χ3v) is 2.93. The van der Waals surface area contributed by atoms with E-state index in [4.69, 9.17) is 0 Å². The largest absolute Gasteiger partial charge is 0.379 e. The van der Waals surface area contributed by atoms with E-state index in [0.29, 0.717) is 18.3 Å². The zero-order valence-corrected chi connectivity index (χ0v) is 9.99. The first-order chi connectivity index (χ1) is 8.07. The molecule has 0 unspecified atom stereocenters. The van der Waals surface area contributed by atoms with Gasteiger partial charge in [0.1, 0.15) is 0 Å². The van der Waals surface area contributed by atoms with Crippen molar-refractivity contribution in [3.8, 4) is 0 Å². The lowest BCUT2D eigenvalue weighted by atomic mass is 9.85. The van der Waals surface area contributed by atoms with Crippen LogP contribution < -0.4 is 5.32 Å². The van der Waals surface area contributed by atoms with Gasteiger partial charge < -0.3 is 5.32 Å². The predicted octanol–water partition coefficient (Wildman–Crippen LogP) is 1.72. The van der Waals surface area contributed by atoms with Crippen molar-refractivity contribution in [2.45, 2.75) is 25.8 Å². The highest BCUT2D eigenvalue weighted by Crippen LogP contribution is 2.30. The summed E-state index contributed by atoms with van der Waals surface area (Å²) in [5.41, 5.74) is 2.77. The van der Waals surface area contributed by atoms with E-state index >= 15 is 0 Å². The molecule has 0 saturated heterocycles. The summed E-state index contributed by atoms with van der Waals surface area (Å²) in [5.74, 6) is 0. The molecule has 0 fully saturated rings. The molecule has 0 spiro atoms. The molecule has 1 aromatic rings. The number of rotatable bonds is 2. The van der Waals surface area contributed by atoms with Crippen molar-refractivity contribution >= 4 is 18.3 Å². The third kappa shape index (κ3) is 2.13. The Bertz CT molecular complexity index is 491. The Hall–Kier alpha value is -1.90. The van der Waals surface area contributed by atoms with Gasteiger partial charge in [-0.05, 0) is 25.8 Å². The standard InChI is InChI=1S/C14H15NO2/c1-14(2)7-10-5-3-4-6-12(10)13(15-14)11(8-16)9-17/h3-6,8-9,15H,7H2,1-2H3. The van der Waals surface area contributed by atoms with Gasteiger partial charge in [-0.15, -0.1) is 0 Å². The molecular weight excluding hydrogens is 214 g/mol. The van der Waals surface area contributed by atoms with Gasteiger partial charge in [0.05, 0.1) is 11.3 Å². The monoisotopic (exact) mass is 229 g/mol. The molecule has 0 bridgehead atoms. The maximum absolute atomic E-state index is 10.9. The van der Waals surface area contributed by atoms with Crippen molar-refractivity contribution in [2.24, 2.45) is 0 Å². The van der Waals surface area contributed by atoms with E-state index in [-0.39, 0.29) is 11.1 Å². The lowest BCUT2D eigenvalue weighted by Crippen LogP contribution is -2.44. The van der Waals surface area contributed by atoms with Gasteiger partial charge in [-0.3, -0.25) is 9.59 Å². The Balaban J connectivity index is 2.65. The van der Waals surface area contributed by atoms with Gasteiger partial charge in [-0.25, -0.2) is 0 Å². The van der Waals surface area contributed by atoms with Crippen molar-refractivity contribution in [2.75, 3.05) is 0 Å². The molecule has 1 N–H and O–H groups in total. The molecular formula is C14H15NO2. The van der Waals surface area contributed by atoms with E-state index in [2.05, 4.69) is 19.2 Å². The summed E-state index contributed by atoms with van der Waals surface area (Å²) in [6, 6.07) is 7.84. The summed E-state index contributed by atoms with van der Waals surface area (Å²) >= 11 is 0. The minimum atomic E-state index is -0.152. The van der Waals surface area contributed by atoms with Crippen LogP contribution in [0.5, 0.6) is 0 Å². The summed E-state index contributed by atoms with van der Waals surface area (Å²) < 4.78 is 0. The van der Waals surface area contributed by atoms with Gasteiger partial charge in [0.2, 0.25) is 0 Å². The fourth-order valence-electron chi connectivity index (χ4n) is 2.22. The lowest BCUT2D eigenvalue weighted by Gasteiger charge is -2.36. The van der Waals surface area contributed by atoms with Crippen LogP contribution in [0.25, 0.3) is 5.70 Å². The SMILES string of the molecule is CC1(C)Cc2ccccc2C(=C(C=O)C=O)N1. The van der Waals surface area contributed by atoms with Crippen LogP contribution in [0.15, 0.2) is 29.8 Å². The van der Waals surface area contributed by atoms with Crippen molar-refractivity contribution in [3.63, 3.8) is 0 Å². The molecule has 0 amide bonds. The van der Waals surface area contributed by atoms with Gasteiger partial charge in [0, 0.05) is 11.1 Å². The fraction of sp³-hybridized carbons (Fsp3) is 0.286. The highest BCUT2D eigenvalue weighted by atomic mass is 16.1. The Labute approximate surface area is 101 Å². The molecule has 0 saturated carbocycles. The summed E-state index contributed by atoms with van der Waals surface area (Å²) in [5, 5.41) is 3.27. The summed E-state index contributed by atoms with van der Waals surface area (Å²) in [6.45, 7) is 4.10. The first kappa shape index (κ1) is 11.6. The van der Waals surface area contributed by atoms with Crippen molar-refractivity contribution in [1.29, 1.82) is 0 Å². The van der Waals surface area contributed by atoms with Gasteiger partial charge >= 0.3 is 0 Å². The Morgan fingerprint density at radius 1 is 1.24 bits per heavy atom. The maximum Gasteiger partial charge on any atom is 0.155 e. The topological polar surface area (TPSA) is 46.2 Å². The van der Waals surface area contributed by atoms with Crippen LogP contribution in [0.2, 0.25) is 0 Å². The number of hydrogen-bond donors (Lipinski definition) is 1. The minimum absolute atomic E-state index is 0.152. The lowest BCUT2D eigenvalue weighted by molar-refractivity contribution is -0.109. The summed E-state index contributed by atoms with van der Waals surface area (Å²) in [6.07, 6.45) is 2.08. The molecule has 3 heteroatoms. The predicted molar refractivity (Wildman–Crippen MR) is 66.4 cm³/mol. The Kier molecular flexibility index (Phi) is 2.84. The molecule has 17 heavy (non-hydrogen) atoms. The van der Waals surface area contributed by atoms with E-state index in [1.807, 2.05) is 24.3 Å². The van der Waals surface area contributed by atoms with E-state index < -0.39 is 0 Å². The van der Waals surface area contributed by atoms with Gasteiger partial charge in [0.25, 0.3) is 0 Å². The second-order valence-corrected chi connectivity index (χ2v) is 4.91. The zero-order chi connectivity index (χ0) is 12.5. The summed E-state index contributed by atoms with van der Waals surface area (Å²) in [4.78, 5) is 21.9. The molecule has 0 aliphatic carbocycles. The number of aldehydes is 2. The molecule has 0 atom stereocenters. The maximum atomic E-state index is 10.9. The van der Waals surface area contributed by atoms with E-state index in [9.17, 15) is 9.59 Å². The van der Waals surface area contributed by atoms with Crippen LogP contribution in [-0.2, 0) is 16.0 Å². The molecule has 1 aliphatic rings. The van der Waals surface area contributed by atoms with E-state index in [0.717, 1.165) is 17.5 Å². The van der Waals surface area contributed by atoms with Crippen LogP contribution in [0, 0.1) is 0 Å². The fourth-order valence-corrected chi connectivity index (χ4v) is 2.22. The molecule has 0 aromatic heterocycles. The molecule has 88 valence electrons. The first-order valence-electron chi connectivity index (χ1n) is 5.58. The first-order valence-corrected chi connectivity index (χ1v) is 5.58. The van der Waals surface area contributed by atoms with Crippen molar-refractivity contribution < 1.29 is 9.59 Å². The molecule has 2 rings (SSSR count). The van der Waals surface area contributed by atoms with Gasteiger partial charge in [0.15, 0.2) is 12.6 Å². The second-order valence-electron chi connectivity index (χ2n) is 4.91. The highest BCUT2D eigenvalue weighted by Gasteiger charge is 2.28. The Morgan fingerprint density at radius 3 is 2.53 bits per heavy atom. The van der Waals surface area contributed by atoms with Crippen LogP contribution in [0.1, 0.15) is 25.0 Å². The second kappa shape index (κ2) is 4.17. The van der Waals surface area contributed by atoms with Crippen molar-refractivity contribution in [3.05, 3.63) is 41.0 Å². The quantitative estimate of drug-likeness (QED) is 0.363. The average Bonchev–Trinajstić information content (AvgIpc) is 2.29. The average molecular weight is 229 g/mol. The smallest absolute Gasteiger partial charge is 0.155 e. The Morgan fingerprint density at radius 2 is 1.88 bits per heavy atom. The van der Waals surface area contributed by atoms with Gasteiger partial charge in [-0.1, -0.05) is 24.3 Å². The number of fused-ring (bicyclic) bond motifs is 1. The van der Waals surface area contributed by atoms with Gasteiger partial charge in [-0.2, -0.15) is 0 Å². The van der Waals surface area contributed by atoms with Crippen LogP contribution in [-0.4, -0.2) is 18.1 Å². The number of nitrogens with one attached hydrogen (secondary N) is 1. The molecule has 1 aromatic carbocycles. The highest BCUT2D eigenvalue weighted by molar-refractivity contribution is 6.08. The van der Waals surface area contributed by atoms with E-state index in [1.165, 1.54) is 0 Å². The summed E-state index contributed by atoms with van der Waals surface area (Å²) in [7, 11) is 0. The number of carbonyl (C=O) groups excluding carboxylic acids is 2. The van der Waals surface area contributed by atoms with Crippen molar-refractivity contribution in [1.82, 2.24) is 5.32 Å². The van der Waals surface area contributed by atoms with Crippen LogP contribution in [0.4, 0.5) is 0 Å². The zero-order valence-electron chi connectivity index (χ0n) is 9.99. The third-order valence-electron chi connectivity index (χ3n) is 2.93. The molecule has 1 aliphatic heterocycles. The minimum Gasteiger partial charge on any atom is -0.379 e. The van der Waals surface area contributed by atoms with Crippen LogP contribution in [0.3, 0.4) is 0 Å². The normalized spacial score (nSPS) is 16.7. The number of benzene rings is 1. The van der Waals surface area contributed by atoms with Crippen LogP contribution >= 0.6 is 0 Å².